The summed E-state index contributed by atoms with van der Waals surface area (Å²) in [5, 5.41) is 0. The normalized spacial score (nSPS) is 10.3. The quantitative estimate of drug-likeness (QED) is 0.796. The summed E-state index contributed by atoms with van der Waals surface area (Å²) in [7, 11) is 0. The average molecular weight is 214 g/mol. The number of hydrogen-bond acceptors (Lipinski definition) is 3. The predicted molar refractivity (Wildman–Crippen MR) is 64.7 cm³/mol. The van der Waals surface area contributed by atoms with Gasteiger partial charge in [-0.1, -0.05) is 12.2 Å². The molecule has 0 amide bonds. The molecule has 0 aromatic carbocycles. The molecule has 2 aromatic heterocycles. The van der Waals surface area contributed by atoms with Gasteiger partial charge in [0, 0.05) is 18.3 Å². The summed E-state index contributed by atoms with van der Waals surface area (Å²) in [4.78, 5) is 8.11. The average Bonchev–Trinajstić information content (AvgIpc) is 2.65. The second-order valence-corrected chi connectivity index (χ2v) is 3.83. The van der Waals surface area contributed by atoms with Crippen LogP contribution in [0.3, 0.4) is 0 Å². The molecule has 0 saturated carbocycles. The van der Waals surface area contributed by atoms with E-state index < -0.39 is 0 Å². The van der Waals surface area contributed by atoms with Gasteiger partial charge in [0.15, 0.2) is 0 Å². The number of allylic oxidation sites excluding steroid dienone is 1. The van der Waals surface area contributed by atoms with Crippen molar-refractivity contribution in [3.63, 3.8) is 0 Å². The Balaban J connectivity index is 2.40. The van der Waals surface area contributed by atoms with Crippen LogP contribution in [0.15, 0.2) is 43.0 Å². The second-order valence-electron chi connectivity index (χ2n) is 3.83. The third-order valence-electron chi connectivity index (χ3n) is 2.23. The summed E-state index contributed by atoms with van der Waals surface area (Å²) in [6.45, 7) is 6.65. The minimum absolute atomic E-state index is 0.514. The van der Waals surface area contributed by atoms with Crippen molar-refractivity contribution >= 4 is 5.82 Å². The highest BCUT2D eigenvalue weighted by molar-refractivity contribution is 5.61. The summed E-state index contributed by atoms with van der Waals surface area (Å²) >= 11 is 0. The van der Waals surface area contributed by atoms with Crippen molar-refractivity contribution in [2.75, 3.05) is 5.73 Å². The Morgan fingerprint density at radius 2 is 2.38 bits per heavy atom. The fourth-order valence-corrected chi connectivity index (χ4v) is 1.59. The number of anilines is 1. The molecule has 4 nitrogen and oxygen atoms in total. The summed E-state index contributed by atoms with van der Waals surface area (Å²) < 4.78 is 2.04. The van der Waals surface area contributed by atoms with Crippen molar-refractivity contribution < 1.29 is 0 Å². The molecule has 0 unspecified atom stereocenters. The Hall–Kier alpha value is -2.10. The van der Waals surface area contributed by atoms with Gasteiger partial charge in [0.25, 0.3) is 0 Å². The van der Waals surface area contributed by atoms with E-state index in [2.05, 4.69) is 16.5 Å². The summed E-state index contributed by atoms with van der Waals surface area (Å²) in [6.07, 6.45) is 5.31. The third kappa shape index (κ3) is 2.11. The van der Waals surface area contributed by atoms with Crippen molar-refractivity contribution in [3.8, 4) is 11.3 Å². The van der Waals surface area contributed by atoms with E-state index >= 15 is 0 Å². The molecule has 0 aliphatic carbocycles. The first-order valence-corrected chi connectivity index (χ1v) is 5.03. The standard InChI is InChI=1S/C12H14N4/c1-9(2)7-16-8-14-6-11(16)10-3-4-15-12(13)5-10/h3-6,8H,1,7H2,2H3,(H2,13,15). The molecule has 4 heteroatoms. The van der Waals surface area contributed by atoms with Crippen molar-refractivity contribution in [2.45, 2.75) is 13.5 Å². The molecule has 0 bridgehead atoms. The number of hydrogen-bond donors (Lipinski definition) is 1. The first-order chi connectivity index (χ1) is 7.66. The topological polar surface area (TPSA) is 56.7 Å². The van der Waals surface area contributed by atoms with Crippen LogP contribution in [0.1, 0.15) is 6.92 Å². The molecular weight excluding hydrogens is 200 g/mol. The fraction of sp³-hybridized carbons (Fsp3) is 0.167. The van der Waals surface area contributed by atoms with Crippen LogP contribution in [0.25, 0.3) is 11.3 Å². The Bertz CT molecular complexity index is 513. The zero-order chi connectivity index (χ0) is 11.5. The number of pyridine rings is 1. The highest BCUT2D eigenvalue weighted by Gasteiger charge is 2.05. The largest absolute Gasteiger partial charge is 0.384 e. The maximum Gasteiger partial charge on any atom is 0.123 e. The fourth-order valence-electron chi connectivity index (χ4n) is 1.59. The number of rotatable bonds is 3. The van der Waals surface area contributed by atoms with Crippen LogP contribution in [-0.2, 0) is 6.54 Å². The van der Waals surface area contributed by atoms with E-state index in [-0.39, 0.29) is 0 Å². The van der Waals surface area contributed by atoms with Crippen LogP contribution in [0.2, 0.25) is 0 Å². The van der Waals surface area contributed by atoms with Gasteiger partial charge in [-0.05, 0) is 19.1 Å². The maximum absolute atomic E-state index is 5.66. The lowest BCUT2D eigenvalue weighted by Gasteiger charge is -2.07. The van der Waals surface area contributed by atoms with E-state index in [1.165, 1.54) is 0 Å². The number of imidazole rings is 1. The molecule has 2 heterocycles. The molecule has 0 aliphatic heterocycles. The lowest BCUT2D eigenvalue weighted by Crippen LogP contribution is -1.99. The summed E-state index contributed by atoms with van der Waals surface area (Å²) in [5.41, 5.74) is 8.79. The first kappa shape index (κ1) is 10.4. The molecule has 82 valence electrons. The van der Waals surface area contributed by atoms with Crippen LogP contribution in [0.5, 0.6) is 0 Å². The van der Waals surface area contributed by atoms with E-state index in [1.807, 2.05) is 29.8 Å². The molecule has 0 saturated heterocycles. The van der Waals surface area contributed by atoms with E-state index in [1.54, 1.807) is 12.5 Å². The first-order valence-electron chi connectivity index (χ1n) is 5.03. The van der Waals surface area contributed by atoms with Crippen molar-refractivity contribution in [1.82, 2.24) is 14.5 Å². The lowest BCUT2D eigenvalue weighted by molar-refractivity contribution is 0.792. The molecule has 0 radical (unpaired) electrons. The van der Waals surface area contributed by atoms with E-state index in [9.17, 15) is 0 Å². The molecule has 16 heavy (non-hydrogen) atoms. The van der Waals surface area contributed by atoms with E-state index in [0.29, 0.717) is 5.82 Å². The number of nitrogens with two attached hydrogens (primary N) is 1. The third-order valence-corrected chi connectivity index (χ3v) is 2.23. The molecule has 2 aromatic rings. The van der Waals surface area contributed by atoms with Gasteiger partial charge in [0.1, 0.15) is 5.82 Å². The highest BCUT2D eigenvalue weighted by atomic mass is 15.0. The van der Waals surface area contributed by atoms with Gasteiger partial charge in [0.2, 0.25) is 0 Å². The summed E-state index contributed by atoms with van der Waals surface area (Å²) in [6, 6.07) is 3.76. The molecule has 0 fully saturated rings. The van der Waals surface area contributed by atoms with Crippen LogP contribution in [0.4, 0.5) is 5.82 Å². The molecule has 0 spiro atoms. The van der Waals surface area contributed by atoms with Crippen LogP contribution in [0, 0.1) is 0 Å². The Labute approximate surface area is 94.5 Å². The molecular formula is C12H14N4. The highest BCUT2D eigenvalue weighted by Crippen LogP contribution is 2.20. The van der Waals surface area contributed by atoms with Crippen LogP contribution < -0.4 is 5.73 Å². The van der Waals surface area contributed by atoms with Crippen LogP contribution in [-0.4, -0.2) is 14.5 Å². The van der Waals surface area contributed by atoms with Crippen molar-refractivity contribution in [3.05, 3.63) is 43.0 Å². The van der Waals surface area contributed by atoms with E-state index in [4.69, 9.17) is 5.73 Å². The minimum atomic E-state index is 0.514. The van der Waals surface area contributed by atoms with Gasteiger partial charge in [-0.2, -0.15) is 0 Å². The molecule has 0 atom stereocenters. The Morgan fingerprint density at radius 1 is 1.56 bits per heavy atom. The Morgan fingerprint density at radius 3 is 3.06 bits per heavy atom. The van der Waals surface area contributed by atoms with Crippen LogP contribution >= 0.6 is 0 Å². The van der Waals surface area contributed by atoms with Gasteiger partial charge < -0.3 is 10.3 Å². The number of aromatic nitrogens is 3. The number of nitrogen functional groups attached to an aromatic ring is 1. The van der Waals surface area contributed by atoms with Gasteiger partial charge >= 0.3 is 0 Å². The molecule has 0 aliphatic rings. The van der Waals surface area contributed by atoms with Gasteiger partial charge in [-0.3, -0.25) is 0 Å². The monoisotopic (exact) mass is 214 g/mol. The van der Waals surface area contributed by atoms with E-state index in [0.717, 1.165) is 23.4 Å². The molecule has 2 N–H and O–H groups in total. The van der Waals surface area contributed by atoms with Crippen molar-refractivity contribution in [1.29, 1.82) is 0 Å². The smallest absolute Gasteiger partial charge is 0.123 e. The summed E-state index contributed by atoms with van der Waals surface area (Å²) in [5.74, 6) is 0.514. The Kier molecular flexibility index (Phi) is 2.72. The van der Waals surface area contributed by atoms with Gasteiger partial charge in [-0.25, -0.2) is 9.97 Å². The zero-order valence-electron chi connectivity index (χ0n) is 9.22. The van der Waals surface area contributed by atoms with Gasteiger partial charge in [0.05, 0.1) is 18.2 Å². The van der Waals surface area contributed by atoms with Gasteiger partial charge in [-0.15, -0.1) is 0 Å². The minimum Gasteiger partial charge on any atom is -0.384 e. The maximum atomic E-state index is 5.66. The predicted octanol–water partition coefficient (Wildman–Crippen LogP) is 2.10. The second kappa shape index (κ2) is 4.18. The SMILES string of the molecule is C=C(C)Cn1cncc1-c1ccnc(N)c1. The zero-order valence-corrected chi connectivity index (χ0v) is 9.22. The molecule has 2 rings (SSSR count). The lowest BCUT2D eigenvalue weighted by atomic mass is 10.2. The van der Waals surface area contributed by atoms with Crippen molar-refractivity contribution in [2.24, 2.45) is 0 Å². The number of nitrogens with zero attached hydrogens (tertiary/aromatic N) is 3.